The van der Waals surface area contributed by atoms with E-state index in [1.54, 1.807) is 0 Å². The van der Waals surface area contributed by atoms with Crippen molar-refractivity contribution >= 4 is 27.7 Å². The maximum atomic E-state index is 11.6. The van der Waals surface area contributed by atoms with Gasteiger partial charge in [0.2, 0.25) is 5.91 Å². The molecule has 1 amide bonds. The molecular formula is C15H22BrN3O2. The van der Waals surface area contributed by atoms with E-state index in [2.05, 4.69) is 31.1 Å². The summed E-state index contributed by atoms with van der Waals surface area (Å²) < 4.78 is 5.33. The number of carbonyl (C=O) groups is 1. The Morgan fingerprint density at radius 2 is 2.14 bits per heavy atom. The molecule has 0 aliphatic carbocycles. The average Bonchev–Trinajstić information content (AvgIpc) is 2.54. The summed E-state index contributed by atoms with van der Waals surface area (Å²) in [5.41, 5.74) is 1.03. The van der Waals surface area contributed by atoms with Gasteiger partial charge in [-0.1, -0.05) is 22.0 Å². The lowest BCUT2D eigenvalue weighted by molar-refractivity contribution is -0.121. The lowest BCUT2D eigenvalue weighted by atomic mass is 10.2. The maximum Gasteiger partial charge on any atom is 0.220 e. The molecule has 1 saturated heterocycles. The van der Waals surface area contributed by atoms with Crippen LogP contribution in [0.25, 0.3) is 0 Å². The number of morpholine rings is 1. The number of aromatic nitrogens is 1. The number of nitrogens with zero attached hydrogens (tertiary/aromatic N) is 2. The van der Waals surface area contributed by atoms with E-state index in [-0.39, 0.29) is 5.91 Å². The molecule has 0 radical (unpaired) electrons. The molecule has 0 atom stereocenters. The van der Waals surface area contributed by atoms with Crippen molar-refractivity contribution in [3.8, 4) is 0 Å². The molecule has 0 unspecified atom stereocenters. The number of hydrogen-bond acceptors (Lipinski definition) is 4. The van der Waals surface area contributed by atoms with Crippen LogP contribution in [0.1, 0.15) is 24.8 Å². The highest BCUT2D eigenvalue weighted by Gasteiger charge is 2.11. The van der Waals surface area contributed by atoms with Gasteiger partial charge in [0.1, 0.15) is 5.82 Å². The van der Waals surface area contributed by atoms with Gasteiger partial charge in [-0.25, -0.2) is 4.98 Å². The number of nitrogens with one attached hydrogen (secondary N) is 1. The van der Waals surface area contributed by atoms with E-state index < -0.39 is 0 Å². The molecule has 1 aromatic rings. The molecule has 5 nitrogen and oxygen atoms in total. The number of ether oxygens (including phenoxy) is 1. The Hall–Kier alpha value is -1.14. The number of anilines is 1. The first-order valence-electron chi connectivity index (χ1n) is 7.40. The van der Waals surface area contributed by atoms with Crippen molar-refractivity contribution in [2.24, 2.45) is 0 Å². The lowest BCUT2D eigenvalue weighted by Crippen LogP contribution is -2.36. The highest BCUT2D eigenvalue weighted by molar-refractivity contribution is 9.09. The molecule has 0 saturated carbocycles. The molecule has 1 aliphatic rings. The van der Waals surface area contributed by atoms with Crippen LogP contribution < -0.4 is 10.2 Å². The van der Waals surface area contributed by atoms with Gasteiger partial charge < -0.3 is 15.0 Å². The molecule has 2 rings (SSSR count). The monoisotopic (exact) mass is 355 g/mol. The van der Waals surface area contributed by atoms with Gasteiger partial charge in [0, 0.05) is 37.6 Å². The van der Waals surface area contributed by atoms with Crippen molar-refractivity contribution in [2.45, 2.75) is 25.8 Å². The smallest absolute Gasteiger partial charge is 0.220 e. The van der Waals surface area contributed by atoms with Crippen molar-refractivity contribution in [1.82, 2.24) is 10.3 Å². The van der Waals surface area contributed by atoms with Gasteiger partial charge in [0.05, 0.1) is 13.2 Å². The first-order valence-corrected chi connectivity index (χ1v) is 8.52. The molecule has 0 bridgehead atoms. The van der Waals surface area contributed by atoms with Gasteiger partial charge in [-0.15, -0.1) is 0 Å². The molecule has 116 valence electrons. The van der Waals surface area contributed by atoms with Crippen molar-refractivity contribution in [3.05, 3.63) is 23.9 Å². The number of halogens is 1. The molecule has 1 aliphatic heterocycles. The van der Waals surface area contributed by atoms with Crippen molar-refractivity contribution in [3.63, 3.8) is 0 Å². The van der Waals surface area contributed by atoms with Crippen LogP contribution in [0.4, 0.5) is 5.82 Å². The average molecular weight is 356 g/mol. The molecule has 1 N–H and O–H groups in total. The third-order valence-electron chi connectivity index (χ3n) is 3.42. The Labute approximate surface area is 134 Å². The minimum atomic E-state index is 0.105. The predicted molar refractivity (Wildman–Crippen MR) is 86.8 cm³/mol. The third kappa shape index (κ3) is 5.63. The van der Waals surface area contributed by atoms with Crippen LogP contribution in [0.3, 0.4) is 0 Å². The van der Waals surface area contributed by atoms with Crippen molar-refractivity contribution < 1.29 is 9.53 Å². The van der Waals surface area contributed by atoms with Crippen molar-refractivity contribution in [2.75, 3.05) is 36.5 Å². The van der Waals surface area contributed by atoms with Crippen LogP contribution >= 0.6 is 15.9 Å². The maximum absolute atomic E-state index is 11.6. The minimum Gasteiger partial charge on any atom is -0.378 e. The summed E-state index contributed by atoms with van der Waals surface area (Å²) in [6, 6.07) is 4.04. The lowest BCUT2D eigenvalue weighted by Gasteiger charge is -2.27. The van der Waals surface area contributed by atoms with Crippen LogP contribution in [0.2, 0.25) is 0 Å². The third-order valence-corrected chi connectivity index (χ3v) is 3.98. The van der Waals surface area contributed by atoms with Crippen molar-refractivity contribution in [1.29, 1.82) is 0 Å². The van der Waals surface area contributed by atoms with E-state index in [0.717, 1.165) is 55.9 Å². The number of alkyl halides is 1. The summed E-state index contributed by atoms with van der Waals surface area (Å²) >= 11 is 3.36. The van der Waals surface area contributed by atoms with E-state index in [1.807, 2.05) is 18.3 Å². The second-order valence-corrected chi connectivity index (χ2v) is 5.84. The number of rotatable bonds is 7. The Morgan fingerprint density at radius 3 is 2.81 bits per heavy atom. The molecule has 2 heterocycles. The van der Waals surface area contributed by atoms with Gasteiger partial charge in [-0.3, -0.25) is 4.79 Å². The van der Waals surface area contributed by atoms with E-state index >= 15 is 0 Å². The fraction of sp³-hybridized carbons (Fsp3) is 0.600. The van der Waals surface area contributed by atoms with E-state index in [1.165, 1.54) is 0 Å². The molecule has 6 heteroatoms. The highest BCUT2D eigenvalue weighted by Crippen LogP contribution is 2.13. The molecule has 1 fully saturated rings. The molecule has 0 aromatic carbocycles. The zero-order valence-corrected chi connectivity index (χ0v) is 13.8. The van der Waals surface area contributed by atoms with E-state index in [9.17, 15) is 4.79 Å². The number of hydrogen-bond donors (Lipinski definition) is 1. The molecular weight excluding hydrogens is 334 g/mol. The van der Waals surface area contributed by atoms with Crippen LogP contribution in [0.15, 0.2) is 18.3 Å². The second kappa shape index (κ2) is 9.00. The summed E-state index contributed by atoms with van der Waals surface area (Å²) in [5.74, 6) is 1.08. The molecule has 1 aromatic heterocycles. The Bertz CT molecular complexity index is 433. The van der Waals surface area contributed by atoms with Gasteiger partial charge in [-0.05, 0) is 24.5 Å². The van der Waals surface area contributed by atoms with E-state index in [0.29, 0.717) is 13.0 Å². The summed E-state index contributed by atoms with van der Waals surface area (Å²) in [4.78, 5) is 18.3. The number of pyridine rings is 1. The normalized spacial score (nSPS) is 15.0. The van der Waals surface area contributed by atoms with Crippen LogP contribution in [0.5, 0.6) is 0 Å². The first-order chi connectivity index (χ1) is 10.3. The highest BCUT2D eigenvalue weighted by atomic mass is 79.9. The summed E-state index contributed by atoms with van der Waals surface area (Å²) in [6.45, 7) is 3.83. The Morgan fingerprint density at radius 1 is 1.33 bits per heavy atom. The summed E-state index contributed by atoms with van der Waals surface area (Å²) in [6.07, 6.45) is 4.38. The molecule has 21 heavy (non-hydrogen) atoms. The first kappa shape index (κ1) is 16.2. The van der Waals surface area contributed by atoms with Gasteiger partial charge >= 0.3 is 0 Å². The zero-order valence-electron chi connectivity index (χ0n) is 12.2. The fourth-order valence-electron chi connectivity index (χ4n) is 2.17. The largest absolute Gasteiger partial charge is 0.378 e. The number of unbranched alkanes of at least 4 members (excludes halogenated alkanes) is 1. The topological polar surface area (TPSA) is 54.5 Å². The minimum absolute atomic E-state index is 0.105. The van der Waals surface area contributed by atoms with Crippen LogP contribution in [-0.2, 0) is 16.1 Å². The Balaban J connectivity index is 1.75. The zero-order chi connectivity index (χ0) is 14.9. The van der Waals surface area contributed by atoms with E-state index in [4.69, 9.17) is 4.74 Å². The standard InChI is InChI=1S/C15H22BrN3O2/c16-6-2-1-3-15(20)18-12-13-4-5-14(17-11-13)19-7-9-21-10-8-19/h4-5,11H,1-3,6-10,12H2,(H,18,20). The van der Waals surface area contributed by atoms with Crippen LogP contribution in [0, 0.1) is 0 Å². The summed E-state index contributed by atoms with van der Waals surface area (Å²) in [7, 11) is 0. The fourth-order valence-corrected chi connectivity index (χ4v) is 2.57. The quantitative estimate of drug-likeness (QED) is 0.601. The second-order valence-electron chi connectivity index (χ2n) is 5.05. The van der Waals surface area contributed by atoms with Crippen LogP contribution in [-0.4, -0.2) is 42.5 Å². The van der Waals surface area contributed by atoms with Gasteiger partial charge in [0.15, 0.2) is 0 Å². The number of amides is 1. The predicted octanol–water partition coefficient (Wildman–Crippen LogP) is 2.10. The summed E-state index contributed by atoms with van der Waals surface area (Å²) in [5, 5.41) is 3.88. The molecule has 0 spiro atoms. The SMILES string of the molecule is O=C(CCCCBr)NCc1ccc(N2CCOCC2)nc1. The Kier molecular flexibility index (Phi) is 6.95. The van der Waals surface area contributed by atoms with Gasteiger partial charge in [-0.2, -0.15) is 0 Å². The van der Waals surface area contributed by atoms with Gasteiger partial charge in [0.25, 0.3) is 0 Å². The number of carbonyl (C=O) groups excluding carboxylic acids is 1.